The van der Waals surface area contributed by atoms with Gasteiger partial charge < -0.3 is 14.4 Å². The number of esters is 1. The van der Waals surface area contributed by atoms with Gasteiger partial charge in [-0.3, -0.25) is 9.59 Å². The molecule has 1 fully saturated rings. The van der Waals surface area contributed by atoms with Crippen LogP contribution in [0.3, 0.4) is 0 Å². The SMILES string of the molecule is CCOC(=O)C1C(=O)C=C(N2CCOCC2)CC1c1ccccc1. The molecule has 2 unspecified atom stereocenters. The average molecular weight is 329 g/mol. The van der Waals surface area contributed by atoms with Crippen LogP contribution in [0.5, 0.6) is 0 Å². The first-order valence-corrected chi connectivity index (χ1v) is 8.49. The van der Waals surface area contributed by atoms with Crippen molar-refractivity contribution in [3.8, 4) is 0 Å². The van der Waals surface area contributed by atoms with Gasteiger partial charge in [-0.25, -0.2) is 0 Å². The number of benzene rings is 1. The van der Waals surface area contributed by atoms with Crippen molar-refractivity contribution in [1.82, 2.24) is 4.90 Å². The van der Waals surface area contributed by atoms with Crippen LogP contribution in [-0.2, 0) is 19.1 Å². The molecule has 0 saturated carbocycles. The monoisotopic (exact) mass is 329 g/mol. The van der Waals surface area contributed by atoms with Crippen LogP contribution < -0.4 is 0 Å². The van der Waals surface area contributed by atoms with Gasteiger partial charge in [0.1, 0.15) is 5.92 Å². The second-order valence-electron chi connectivity index (χ2n) is 6.09. The van der Waals surface area contributed by atoms with E-state index in [1.54, 1.807) is 13.0 Å². The van der Waals surface area contributed by atoms with E-state index in [1.165, 1.54) is 0 Å². The minimum absolute atomic E-state index is 0.157. The number of carbonyl (C=O) groups excluding carboxylic acids is 2. The van der Waals surface area contributed by atoms with Crippen LogP contribution in [0.2, 0.25) is 0 Å². The fourth-order valence-electron chi connectivity index (χ4n) is 3.45. The third-order valence-electron chi connectivity index (χ3n) is 4.63. The van der Waals surface area contributed by atoms with Crippen LogP contribution >= 0.6 is 0 Å². The fourth-order valence-corrected chi connectivity index (χ4v) is 3.45. The lowest BCUT2D eigenvalue weighted by atomic mass is 9.76. The molecule has 3 rings (SSSR count). The molecule has 1 aliphatic carbocycles. The Morgan fingerprint density at radius 1 is 1.25 bits per heavy atom. The zero-order valence-electron chi connectivity index (χ0n) is 13.9. The van der Waals surface area contributed by atoms with Gasteiger partial charge in [-0.15, -0.1) is 0 Å². The predicted molar refractivity (Wildman–Crippen MR) is 89.4 cm³/mol. The highest BCUT2D eigenvalue weighted by Crippen LogP contribution is 2.38. The van der Waals surface area contributed by atoms with Crippen LogP contribution in [0, 0.1) is 5.92 Å². The first-order chi connectivity index (χ1) is 11.7. The summed E-state index contributed by atoms with van der Waals surface area (Å²) in [5.74, 6) is -1.51. The average Bonchev–Trinajstić information content (AvgIpc) is 2.62. The predicted octanol–water partition coefficient (Wildman–Crippen LogP) is 2.14. The lowest BCUT2D eigenvalue weighted by Crippen LogP contribution is -2.41. The van der Waals surface area contributed by atoms with Gasteiger partial charge in [-0.2, -0.15) is 0 Å². The summed E-state index contributed by atoms with van der Waals surface area (Å²) in [6, 6.07) is 9.77. The number of nitrogens with zero attached hydrogens (tertiary/aromatic N) is 1. The van der Waals surface area contributed by atoms with Gasteiger partial charge in [0.15, 0.2) is 5.78 Å². The molecular formula is C19H23NO4. The largest absolute Gasteiger partial charge is 0.465 e. The summed E-state index contributed by atoms with van der Waals surface area (Å²) < 4.78 is 10.6. The second kappa shape index (κ2) is 7.62. The second-order valence-corrected chi connectivity index (χ2v) is 6.09. The Hall–Kier alpha value is -2.14. The molecule has 1 heterocycles. The van der Waals surface area contributed by atoms with Crippen molar-refractivity contribution in [3.63, 3.8) is 0 Å². The summed E-state index contributed by atoms with van der Waals surface area (Å²) in [5, 5.41) is 0. The normalized spacial score (nSPS) is 24.5. The van der Waals surface area contributed by atoms with Crippen molar-refractivity contribution in [2.24, 2.45) is 5.92 Å². The van der Waals surface area contributed by atoms with E-state index in [9.17, 15) is 9.59 Å². The standard InChI is InChI=1S/C19H23NO4/c1-2-24-19(22)18-16(14-6-4-3-5-7-14)12-15(13-17(18)21)20-8-10-23-11-9-20/h3-7,13,16,18H,2,8-12H2,1H3. The molecule has 5 heteroatoms. The maximum Gasteiger partial charge on any atom is 0.317 e. The van der Waals surface area contributed by atoms with E-state index >= 15 is 0 Å². The molecule has 1 saturated heterocycles. The molecule has 0 radical (unpaired) electrons. The van der Waals surface area contributed by atoms with Crippen LogP contribution in [0.1, 0.15) is 24.8 Å². The lowest BCUT2D eigenvalue weighted by Gasteiger charge is -2.37. The summed E-state index contributed by atoms with van der Waals surface area (Å²) in [5.41, 5.74) is 2.00. The summed E-state index contributed by atoms with van der Waals surface area (Å²) in [6.07, 6.45) is 2.30. The quantitative estimate of drug-likeness (QED) is 0.626. The zero-order valence-corrected chi connectivity index (χ0v) is 13.9. The van der Waals surface area contributed by atoms with Crippen LogP contribution in [0.4, 0.5) is 0 Å². The molecule has 0 aromatic heterocycles. The topological polar surface area (TPSA) is 55.8 Å². The molecule has 5 nitrogen and oxygen atoms in total. The molecule has 128 valence electrons. The molecule has 2 atom stereocenters. The number of hydrogen-bond donors (Lipinski definition) is 0. The van der Waals surface area contributed by atoms with Gasteiger partial charge in [-0.1, -0.05) is 30.3 Å². The van der Waals surface area contributed by atoms with Crippen LogP contribution in [-0.4, -0.2) is 49.6 Å². The minimum atomic E-state index is -0.753. The number of rotatable bonds is 4. The van der Waals surface area contributed by atoms with Crippen LogP contribution in [0.25, 0.3) is 0 Å². The molecule has 1 aromatic rings. The number of morpholine rings is 1. The van der Waals surface area contributed by atoms with Crippen molar-refractivity contribution in [3.05, 3.63) is 47.7 Å². The maximum atomic E-state index is 12.7. The molecule has 2 aliphatic rings. The maximum absolute atomic E-state index is 12.7. The van der Waals surface area contributed by atoms with Crippen molar-refractivity contribution in [2.75, 3.05) is 32.9 Å². The molecule has 0 amide bonds. The molecule has 24 heavy (non-hydrogen) atoms. The van der Waals surface area contributed by atoms with Gasteiger partial charge >= 0.3 is 5.97 Å². The number of ether oxygens (including phenoxy) is 2. The minimum Gasteiger partial charge on any atom is -0.465 e. The van der Waals surface area contributed by atoms with Crippen molar-refractivity contribution >= 4 is 11.8 Å². The molecule has 1 aromatic carbocycles. The Kier molecular flexibility index (Phi) is 5.30. The molecular weight excluding hydrogens is 306 g/mol. The summed E-state index contributed by atoms with van der Waals surface area (Å²) >= 11 is 0. The Labute approximate surface area is 142 Å². The van der Waals surface area contributed by atoms with Gasteiger partial charge in [0.2, 0.25) is 0 Å². The van der Waals surface area contributed by atoms with Crippen molar-refractivity contribution < 1.29 is 19.1 Å². The number of ketones is 1. The smallest absolute Gasteiger partial charge is 0.317 e. The van der Waals surface area contributed by atoms with Gasteiger partial charge in [-0.05, 0) is 18.9 Å². The Bertz CT molecular complexity index is 620. The highest BCUT2D eigenvalue weighted by Gasteiger charge is 2.40. The van der Waals surface area contributed by atoms with Gasteiger partial charge in [0.25, 0.3) is 0 Å². The molecule has 0 N–H and O–H groups in total. The Morgan fingerprint density at radius 3 is 2.62 bits per heavy atom. The Balaban J connectivity index is 1.91. The Morgan fingerprint density at radius 2 is 1.96 bits per heavy atom. The number of hydrogen-bond acceptors (Lipinski definition) is 5. The number of carbonyl (C=O) groups is 2. The molecule has 1 aliphatic heterocycles. The van der Waals surface area contributed by atoms with Crippen molar-refractivity contribution in [1.29, 1.82) is 0 Å². The van der Waals surface area contributed by atoms with E-state index in [1.807, 2.05) is 30.3 Å². The summed E-state index contributed by atoms with van der Waals surface area (Å²) in [7, 11) is 0. The van der Waals surface area contributed by atoms with Gasteiger partial charge in [0.05, 0.1) is 19.8 Å². The highest BCUT2D eigenvalue weighted by atomic mass is 16.5. The molecule has 0 bridgehead atoms. The van der Waals surface area contributed by atoms with Crippen LogP contribution in [0.15, 0.2) is 42.1 Å². The highest BCUT2D eigenvalue weighted by molar-refractivity contribution is 6.07. The first kappa shape index (κ1) is 16.7. The fraction of sp³-hybridized carbons (Fsp3) is 0.474. The lowest BCUT2D eigenvalue weighted by molar-refractivity contribution is -0.152. The van der Waals surface area contributed by atoms with E-state index in [-0.39, 0.29) is 18.3 Å². The summed E-state index contributed by atoms with van der Waals surface area (Å²) in [4.78, 5) is 27.3. The first-order valence-electron chi connectivity index (χ1n) is 8.49. The molecule has 0 spiro atoms. The van der Waals surface area contributed by atoms with Gasteiger partial charge in [0, 0.05) is 30.8 Å². The van der Waals surface area contributed by atoms with E-state index in [4.69, 9.17) is 9.47 Å². The summed E-state index contributed by atoms with van der Waals surface area (Å²) in [6.45, 7) is 4.95. The zero-order chi connectivity index (χ0) is 16.9. The van der Waals surface area contributed by atoms with Crippen molar-refractivity contribution in [2.45, 2.75) is 19.3 Å². The van der Waals surface area contributed by atoms with E-state index in [2.05, 4.69) is 4.90 Å². The number of allylic oxidation sites excluding steroid dienone is 2. The third-order valence-corrected chi connectivity index (χ3v) is 4.63. The van der Waals surface area contributed by atoms with E-state index in [0.717, 1.165) is 24.4 Å². The van der Waals surface area contributed by atoms with E-state index in [0.29, 0.717) is 19.6 Å². The third kappa shape index (κ3) is 3.51. The van der Waals surface area contributed by atoms with E-state index < -0.39 is 11.9 Å².